The summed E-state index contributed by atoms with van der Waals surface area (Å²) in [7, 11) is 0. The van der Waals surface area contributed by atoms with Crippen molar-refractivity contribution >= 4 is 21.7 Å². The molecule has 1 aromatic carbocycles. The highest BCUT2D eigenvalue weighted by Gasteiger charge is 2.10. The monoisotopic (exact) mass is 333 g/mol. The van der Waals surface area contributed by atoms with Crippen molar-refractivity contribution in [3.63, 3.8) is 0 Å². The Morgan fingerprint density at radius 2 is 1.80 bits per heavy atom. The predicted octanol–water partition coefficient (Wildman–Crippen LogP) is 4.13. The molecule has 0 spiro atoms. The van der Waals surface area contributed by atoms with Crippen molar-refractivity contribution in [1.29, 1.82) is 0 Å². The number of nitrogens with one attached hydrogen (secondary N) is 1. The topological polar surface area (TPSA) is 37.8 Å². The molecule has 0 saturated carbocycles. The lowest BCUT2D eigenvalue weighted by Gasteiger charge is -2.13. The minimum atomic E-state index is 0.760. The van der Waals surface area contributed by atoms with E-state index in [9.17, 15) is 0 Å². The van der Waals surface area contributed by atoms with Gasteiger partial charge in [-0.25, -0.2) is 9.97 Å². The summed E-state index contributed by atoms with van der Waals surface area (Å²) in [6.07, 6.45) is 1.71. The predicted molar refractivity (Wildman–Crippen MR) is 87.3 cm³/mol. The van der Waals surface area contributed by atoms with Crippen LogP contribution in [0.2, 0.25) is 0 Å². The molecule has 0 amide bonds. The maximum atomic E-state index is 4.68. The largest absolute Gasteiger partial charge is 0.370 e. The molecule has 0 radical (unpaired) electrons. The van der Waals surface area contributed by atoms with E-state index >= 15 is 0 Å². The number of halogens is 1. The summed E-state index contributed by atoms with van der Waals surface area (Å²) < 4.78 is 1.09. The van der Waals surface area contributed by atoms with E-state index in [2.05, 4.69) is 64.1 Å². The van der Waals surface area contributed by atoms with Gasteiger partial charge in [0.25, 0.3) is 0 Å². The molecule has 0 fully saturated rings. The molecule has 20 heavy (non-hydrogen) atoms. The van der Waals surface area contributed by atoms with E-state index in [4.69, 9.17) is 0 Å². The zero-order valence-electron chi connectivity index (χ0n) is 12.2. The molecule has 2 rings (SSSR count). The first-order valence-corrected chi connectivity index (χ1v) is 7.78. The third-order valence-electron chi connectivity index (χ3n) is 3.23. The Morgan fingerprint density at radius 1 is 1.10 bits per heavy atom. The van der Waals surface area contributed by atoms with Crippen molar-refractivity contribution in [2.24, 2.45) is 0 Å². The molecule has 1 N–H and O–H groups in total. The highest BCUT2D eigenvalue weighted by Crippen LogP contribution is 2.19. The molecule has 4 heteroatoms. The van der Waals surface area contributed by atoms with Crippen LogP contribution in [0.1, 0.15) is 36.5 Å². The number of aromatic nitrogens is 2. The molecule has 0 saturated heterocycles. The van der Waals surface area contributed by atoms with Crippen molar-refractivity contribution in [2.75, 3.05) is 11.9 Å². The van der Waals surface area contributed by atoms with Crippen molar-refractivity contribution in [3.8, 4) is 0 Å². The molecule has 106 valence electrons. The van der Waals surface area contributed by atoms with E-state index in [1.807, 2.05) is 12.1 Å². The van der Waals surface area contributed by atoms with Gasteiger partial charge in [-0.05, 0) is 38.0 Å². The Morgan fingerprint density at radius 3 is 2.40 bits per heavy atom. The summed E-state index contributed by atoms with van der Waals surface area (Å²) in [5.41, 5.74) is 3.51. The smallest absolute Gasteiger partial charge is 0.135 e. The molecule has 0 unspecified atom stereocenters. The van der Waals surface area contributed by atoms with Crippen LogP contribution in [0.15, 0.2) is 28.7 Å². The highest BCUT2D eigenvalue weighted by molar-refractivity contribution is 9.10. The summed E-state index contributed by atoms with van der Waals surface area (Å²) in [6, 6.07) is 8.30. The number of anilines is 1. The van der Waals surface area contributed by atoms with Crippen LogP contribution in [-0.2, 0) is 12.8 Å². The van der Waals surface area contributed by atoms with Gasteiger partial charge < -0.3 is 5.32 Å². The molecular formula is C16H20BrN3. The number of nitrogens with zero attached hydrogens (tertiary/aromatic N) is 2. The zero-order valence-corrected chi connectivity index (χ0v) is 13.8. The SMILES string of the molecule is CCNc1nc(Cc2ccc(Br)cc2)nc(C)c1CC. The van der Waals surface area contributed by atoms with E-state index in [-0.39, 0.29) is 0 Å². The normalized spacial score (nSPS) is 10.6. The van der Waals surface area contributed by atoms with E-state index < -0.39 is 0 Å². The van der Waals surface area contributed by atoms with Gasteiger partial charge in [0.2, 0.25) is 0 Å². The minimum Gasteiger partial charge on any atom is -0.370 e. The van der Waals surface area contributed by atoms with Crippen LogP contribution >= 0.6 is 15.9 Å². The van der Waals surface area contributed by atoms with Crippen LogP contribution in [0.4, 0.5) is 5.82 Å². The first-order valence-electron chi connectivity index (χ1n) is 6.98. The average Bonchev–Trinajstić information content (AvgIpc) is 2.42. The van der Waals surface area contributed by atoms with E-state index in [1.54, 1.807) is 0 Å². The molecule has 0 aliphatic heterocycles. The Hall–Kier alpha value is -1.42. The third-order valence-corrected chi connectivity index (χ3v) is 3.76. The Kier molecular flexibility index (Phi) is 5.12. The van der Waals surface area contributed by atoms with E-state index in [0.29, 0.717) is 0 Å². The second-order valence-electron chi connectivity index (χ2n) is 4.74. The van der Waals surface area contributed by atoms with Gasteiger partial charge >= 0.3 is 0 Å². The fourth-order valence-corrected chi connectivity index (χ4v) is 2.52. The molecule has 0 atom stereocenters. The van der Waals surface area contributed by atoms with E-state index in [0.717, 1.165) is 41.2 Å². The van der Waals surface area contributed by atoms with Crippen molar-refractivity contribution < 1.29 is 0 Å². The van der Waals surface area contributed by atoms with Gasteiger partial charge in [0.05, 0.1) is 0 Å². The number of aryl methyl sites for hydroxylation is 1. The lowest BCUT2D eigenvalue weighted by atomic mass is 10.1. The molecule has 1 aromatic heterocycles. The molecule has 0 bridgehead atoms. The van der Waals surface area contributed by atoms with Gasteiger partial charge in [-0.3, -0.25) is 0 Å². The Bertz CT molecular complexity index is 579. The van der Waals surface area contributed by atoms with Crippen LogP contribution in [0.25, 0.3) is 0 Å². The number of hydrogen-bond donors (Lipinski definition) is 1. The fraction of sp³-hybridized carbons (Fsp3) is 0.375. The molecule has 2 aromatic rings. The lowest BCUT2D eigenvalue weighted by Crippen LogP contribution is -2.10. The number of benzene rings is 1. The second-order valence-corrected chi connectivity index (χ2v) is 5.66. The summed E-state index contributed by atoms with van der Waals surface area (Å²) in [4.78, 5) is 9.32. The second kappa shape index (κ2) is 6.84. The van der Waals surface area contributed by atoms with Crippen LogP contribution in [0.5, 0.6) is 0 Å². The first-order chi connectivity index (χ1) is 9.63. The molecule has 0 aliphatic carbocycles. The van der Waals surface area contributed by atoms with Gasteiger partial charge in [-0.2, -0.15) is 0 Å². The number of rotatable bonds is 5. The summed E-state index contributed by atoms with van der Waals surface area (Å²) in [5.74, 6) is 1.85. The van der Waals surface area contributed by atoms with Gasteiger partial charge in [0, 0.05) is 28.7 Å². The Labute approximate surface area is 129 Å². The zero-order chi connectivity index (χ0) is 14.5. The van der Waals surface area contributed by atoms with Gasteiger partial charge in [0.1, 0.15) is 11.6 Å². The molecular weight excluding hydrogens is 314 g/mol. The average molecular weight is 334 g/mol. The lowest BCUT2D eigenvalue weighted by molar-refractivity contribution is 0.901. The molecule has 3 nitrogen and oxygen atoms in total. The Balaban J connectivity index is 2.30. The fourth-order valence-electron chi connectivity index (χ4n) is 2.25. The summed E-state index contributed by atoms with van der Waals surface area (Å²) >= 11 is 3.45. The van der Waals surface area contributed by atoms with Crippen molar-refractivity contribution in [2.45, 2.75) is 33.6 Å². The summed E-state index contributed by atoms with van der Waals surface area (Å²) in [6.45, 7) is 7.17. The van der Waals surface area contributed by atoms with Crippen LogP contribution in [0, 0.1) is 6.92 Å². The summed E-state index contributed by atoms with van der Waals surface area (Å²) in [5, 5.41) is 3.34. The number of hydrogen-bond acceptors (Lipinski definition) is 3. The van der Waals surface area contributed by atoms with Crippen molar-refractivity contribution in [3.05, 3.63) is 51.4 Å². The first kappa shape index (κ1) is 15.0. The van der Waals surface area contributed by atoms with Gasteiger partial charge in [0.15, 0.2) is 0 Å². The van der Waals surface area contributed by atoms with Gasteiger partial charge in [-0.1, -0.05) is 35.0 Å². The van der Waals surface area contributed by atoms with Crippen molar-refractivity contribution in [1.82, 2.24) is 9.97 Å². The molecule has 1 heterocycles. The van der Waals surface area contributed by atoms with Crippen LogP contribution < -0.4 is 5.32 Å². The van der Waals surface area contributed by atoms with Crippen LogP contribution in [0.3, 0.4) is 0 Å². The molecule has 0 aliphatic rings. The van der Waals surface area contributed by atoms with E-state index in [1.165, 1.54) is 11.1 Å². The maximum absolute atomic E-state index is 4.68. The van der Waals surface area contributed by atoms with Gasteiger partial charge in [-0.15, -0.1) is 0 Å². The quantitative estimate of drug-likeness (QED) is 0.893. The standard InChI is InChI=1S/C16H20BrN3/c1-4-14-11(3)19-15(20-16(14)18-5-2)10-12-6-8-13(17)9-7-12/h6-9H,4-5,10H2,1-3H3,(H,18,19,20). The highest BCUT2D eigenvalue weighted by atomic mass is 79.9. The van der Waals surface area contributed by atoms with Crippen LogP contribution in [-0.4, -0.2) is 16.5 Å². The maximum Gasteiger partial charge on any atom is 0.135 e. The third kappa shape index (κ3) is 3.57. The minimum absolute atomic E-state index is 0.760.